The number of carbonyl (C=O) groups is 2. The normalized spacial score (nSPS) is 14.8. The number of carbonyl (C=O) groups excluding carboxylic acids is 2. The zero-order valence-corrected chi connectivity index (χ0v) is 5.33. The zero-order chi connectivity index (χ0) is 7.98. The molecule has 2 amide bonds. The summed E-state index contributed by atoms with van der Waals surface area (Å²) in [5.41, 5.74) is 7.08. The Hall–Kier alpha value is -1.48. The zero-order valence-electron chi connectivity index (χ0n) is 5.33. The number of hydrogen-bond donors (Lipinski definition) is 1. The van der Waals surface area contributed by atoms with Crippen LogP contribution in [0.3, 0.4) is 0 Å². The van der Waals surface area contributed by atoms with Crippen LogP contribution in [0.15, 0.2) is 0 Å². The van der Waals surface area contributed by atoms with Crippen molar-refractivity contribution in [2.45, 2.75) is 12.8 Å². The second-order valence-electron chi connectivity index (χ2n) is 1.61. The molecule has 1 rings (SSSR count). The topological polar surface area (TPSA) is 82.6 Å². The molecule has 10 heavy (non-hydrogen) atoms. The molecule has 0 atom stereocenters. The van der Waals surface area contributed by atoms with Gasteiger partial charge in [0, 0.05) is 12.8 Å². The van der Waals surface area contributed by atoms with Crippen LogP contribution in [0.2, 0.25) is 0 Å². The smallest absolute Gasteiger partial charge is 0.245 e. The summed E-state index contributed by atoms with van der Waals surface area (Å²) < 4.78 is 0. The van der Waals surface area contributed by atoms with E-state index in [-0.39, 0.29) is 11.8 Å². The third kappa shape index (κ3) is 3.51. The molecule has 0 aliphatic carbocycles. The summed E-state index contributed by atoms with van der Waals surface area (Å²) in [7, 11) is 0. The van der Waals surface area contributed by atoms with Crippen LogP contribution in [-0.2, 0) is 9.59 Å². The van der Waals surface area contributed by atoms with E-state index in [1.165, 1.54) is 0 Å². The highest BCUT2D eigenvalue weighted by Gasteiger charge is 2.15. The number of imide groups is 1. The summed E-state index contributed by atoms with van der Waals surface area (Å²) in [5, 5.41) is 2.14. The Morgan fingerprint density at radius 3 is 1.80 bits per heavy atom. The Morgan fingerprint density at radius 1 is 1.40 bits per heavy atom. The van der Waals surface area contributed by atoms with Gasteiger partial charge >= 0.3 is 0 Å². The van der Waals surface area contributed by atoms with E-state index in [0.29, 0.717) is 12.8 Å². The average molecular weight is 141 g/mol. The van der Waals surface area contributed by atoms with Crippen molar-refractivity contribution in [1.82, 2.24) is 5.32 Å². The van der Waals surface area contributed by atoms with Crippen molar-refractivity contribution < 1.29 is 14.4 Å². The number of nitrogens with one attached hydrogen (secondary N) is 1. The largest absolute Gasteiger partial charge is 0.362 e. The molecule has 54 valence electrons. The van der Waals surface area contributed by atoms with Gasteiger partial charge in [-0.15, -0.1) is 0 Å². The Labute approximate surface area is 57.7 Å². The molecule has 0 saturated carbocycles. The van der Waals surface area contributed by atoms with Gasteiger partial charge in [0.25, 0.3) is 0 Å². The van der Waals surface area contributed by atoms with E-state index in [1.54, 1.807) is 0 Å². The van der Waals surface area contributed by atoms with E-state index in [2.05, 4.69) is 16.8 Å². The third-order valence-electron chi connectivity index (χ3n) is 0.858. The maximum absolute atomic E-state index is 10.1. The van der Waals surface area contributed by atoms with Crippen LogP contribution >= 0.6 is 0 Å². The first kappa shape index (κ1) is 8.52. The van der Waals surface area contributed by atoms with Crippen molar-refractivity contribution in [3.8, 4) is 0 Å². The predicted molar refractivity (Wildman–Crippen MR) is 33.1 cm³/mol. The molecule has 0 aromatic carbocycles. The van der Waals surface area contributed by atoms with Crippen LogP contribution in [0.5, 0.6) is 0 Å². The van der Waals surface area contributed by atoms with Crippen molar-refractivity contribution >= 4 is 18.5 Å². The molecule has 1 saturated heterocycles. The number of rotatable bonds is 0. The number of hydrogen-bond acceptors (Lipinski definition) is 2. The first-order chi connectivity index (χ1) is 4.70. The van der Waals surface area contributed by atoms with Crippen molar-refractivity contribution in [2.24, 2.45) is 0 Å². The van der Waals surface area contributed by atoms with Crippen LogP contribution in [0, 0.1) is 0 Å². The first-order valence-corrected chi connectivity index (χ1v) is 2.63. The summed E-state index contributed by atoms with van der Waals surface area (Å²) in [6, 6.07) is 0. The molecule has 1 N–H and O–H groups in total. The van der Waals surface area contributed by atoms with Gasteiger partial charge < -0.3 is 5.53 Å². The standard InChI is InChI=1S/C4H5NO2.CH2N2/c6-3-1-2-4(7)5-3;1-3-2/h1-2H2,(H,5,6,7);1H2. The van der Waals surface area contributed by atoms with Crippen molar-refractivity contribution in [3.63, 3.8) is 0 Å². The van der Waals surface area contributed by atoms with E-state index < -0.39 is 0 Å². The second-order valence-corrected chi connectivity index (χ2v) is 1.61. The van der Waals surface area contributed by atoms with Gasteiger partial charge in [0.2, 0.25) is 18.5 Å². The first-order valence-electron chi connectivity index (χ1n) is 2.63. The Morgan fingerprint density at radius 2 is 1.70 bits per heavy atom. The monoisotopic (exact) mass is 141 g/mol. The summed E-state index contributed by atoms with van der Waals surface area (Å²) >= 11 is 0. The molecule has 1 aliphatic heterocycles. The van der Waals surface area contributed by atoms with Crippen LogP contribution in [0.1, 0.15) is 12.8 Å². The fourth-order valence-electron chi connectivity index (χ4n) is 0.508. The Bertz CT molecular complexity index is 167. The molecule has 5 heteroatoms. The second kappa shape index (κ2) is 4.40. The molecule has 5 nitrogen and oxygen atoms in total. The average Bonchev–Trinajstić information content (AvgIpc) is 2.17. The molecule has 0 aromatic rings. The van der Waals surface area contributed by atoms with Gasteiger partial charge in [0.05, 0.1) is 0 Å². The van der Waals surface area contributed by atoms with Crippen LogP contribution in [0.25, 0.3) is 5.53 Å². The van der Waals surface area contributed by atoms with E-state index in [1.807, 2.05) is 0 Å². The number of nitrogens with zero attached hydrogens (tertiary/aromatic N) is 2. The molecule has 0 bridgehead atoms. The lowest BCUT2D eigenvalue weighted by atomic mass is 10.4. The van der Waals surface area contributed by atoms with E-state index in [4.69, 9.17) is 5.53 Å². The minimum Gasteiger partial charge on any atom is -0.362 e. The molecular weight excluding hydrogens is 134 g/mol. The highest BCUT2D eigenvalue weighted by Crippen LogP contribution is 1.95. The van der Waals surface area contributed by atoms with Crippen molar-refractivity contribution in [3.05, 3.63) is 5.53 Å². The summed E-state index contributed by atoms with van der Waals surface area (Å²) in [4.78, 5) is 22.5. The maximum atomic E-state index is 10.1. The van der Waals surface area contributed by atoms with Crippen molar-refractivity contribution in [1.29, 1.82) is 0 Å². The summed E-state index contributed by atoms with van der Waals surface area (Å²) in [6.07, 6.45) is 0.748. The Kier molecular flexibility index (Phi) is 3.75. The fourth-order valence-corrected chi connectivity index (χ4v) is 0.508. The van der Waals surface area contributed by atoms with Gasteiger partial charge in [-0.1, -0.05) is 0 Å². The molecule has 0 unspecified atom stereocenters. The lowest BCUT2D eigenvalue weighted by Gasteiger charge is -1.79. The quantitative estimate of drug-likeness (QED) is 0.210. The highest BCUT2D eigenvalue weighted by atomic mass is 16.2. The van der Waals surface area contributed by atoms with Crippen LogP contribution in [0.4, 0.5) is 0 Å². The van der Waals surface area contributed by atoms with E-state index >= 15 is 0 Å². The number of amides is 2. The minimum atomic E-state index is -0.148. The minimum absolute atomic E-state index is 0.148. The highest BCUT2D eigenvalue weighted by molar-refractivity contribution is 6.01. The van der Waals surface area contributed by atoms with Gasteiger partial charge in [-0.05, 0) is 0 Å². The molecular formula is C5H7N3O2. The van der Waals surface area contributed by atoms with Gasteiger partial charge in [-0.3, -0.25) is 14.9 Å². The lowest BCUT2D eigenvalue weighted by molar-refractivity contribution is -0.124. The fraction of sp³-hybridized carbons (Fsp3) is 0.400. The van der Waals surface area contributed by atoms with Crippen molar-refractivity contribution in [2.75, 3.05) is 0 Å². The van der Waals surface area contributed by atoms with Gasteiger partial charge in [0.15, 0.2) is 0 Å². The van der Waals surface area contributed by atoms with E-state index in [9.17, 15) is 9.59 Å². The lowest BCUT2D eigenvalue weighted by Crippen LogP contribution is -2.18. The Balaban J connectivity index is 0.000000236. The van der Waals surface area contributed by atoms with E-state index in [0.717, 1.165) is 0 Å². The summed E-state index contributed by atoms with van der Waals surface area (Å²) in [6.45, 7) is 2.67. The predicted octanol–water partition coefficient (Wildman–Crippen LogP) is -0.660. The molecule has 1 fully saturated rings. The summed E-state index contributed by atoms with van der Waals surface area (Å²) in [5.74, 6) is -0.296. The van der Waals surface area contributed by atoms with Crippen LogP contribution in [-0.4, -0.2) is 23.3 Å². The maximum Gasteiger partial charge on any atom is 0.245 e. The molecule has 1 aliphatic rings. The molecule has 0 radical (unpaired) electrons. The van der Waals surface area contributed by atoms with Gasteiger partial charge in [-0.25, -0.2) is 0 Å². The third-order valence-corrected chi connectivity index (χ3v) is 0.858. The molecule has 0 aromatic heterocycles. The SMILES string of the molecule is C=[N+]=[N-].O=C1CCC(=O)N1. The van der Waals surface area contributed by atoms with Gasteiger partial charge in [0.1, 0.15) is 0 Å². The molecule has 1 heterocycles. The molecule has 0 spiro atoms. The van der Waals surface area contributed by atoms with Gasteiger partial charge in [-0.2, -0.15) is 4.79 Å². The van der Waals surface area contributed by atoms with Crippen LogP contribution < -0.4 is 5.32 Å².